The van der Waals surface area contributed by atoms with E-state index in [1.807, 2.05) is 38.1 Å². The molecule has 1 fully saturated rings. The predicted octanol–water partition coefficient (Wildman–Crippen LogP) is 1.13. The Bertz CT molecular complexity index is 752. The van der Waals surface area contributed by atoms with Gasteiger partial charge in [0.1, 0.15) is 0 Å². The fraction of sp³-hybridized carbons (Fsp3) is 0.438. The normalized spacial score (nSPS) is 21.3. The van der Waals surface area contributed by atoms with Crippen molar-refractivity contribution >= 4 is 11.8 Å². The highest BCUT2D eigenvalue weighted by Gasteiger charge is 2.51. The van der Waals surface area contributed by atoms with E-state index >= 15 is 0 Å². The molecule has 0 spiro atoms. The standard InChI is InChI=1S/C16H19N5O2/c1-4-16(12-7-5-11(2)6-8-12)9-14(22)21(15(16)23)10-13-17-19-20(3)18-13/h5-8H,4,9-10H2,1-3H3. The molecule has 1 aliphatic heterocycles. The zero-order chi connectivity index (χ0) is 16.6. The van der Waals surface area contributed by atoms with Gasteiger partial charge in [0.25, 0.3) is 0 Å². The van der Waals surface area contributed by atoms with Crippen molar-refractivity contribution in [2.75, 3.05) is 0 Å². The molecule has 2 amide bonds. The number of aryl methyl sites for hydroxylation is 2. The summed E-state index contributed by atoms with van der Waals surface area (Å²) < 4.78 is 0. The third-order valence-corrected chi connectivity index (χ3v) is 4.47. The van der Waals surface area contributed by atoms with Gasteiger partial charge in [-0.15, -0.1) is 10.2 Å². The highest BCUT2D eigenvalue weighted by atomic mass is 16.2. The quantitative estimate of drug-likeness (QED) is 0.790. The third-order valence-electron chi connectivity index (χ3n) is 4.47. The third kappa shape index (κ3) is 2.52. The summed E-state index contributed by atoms with van der Waals surface area (Å²) >= 11 is 0. The first-order valence-electron chi connectivity index (χ1n) is 7.61. The first-order valence-corrected chi connectivity index (χ1v) is 7.61. The maximum absolute atomic E-state index is 13.0. The van der Waals surface area contributed by atoms with E-state index in [9.17, 15) is 9.59 Å². The molecule has 23 heavy (non-hydrogen) atoms. The van der Waals surface area contributed by atoms with Crippen LogP contribution in [-0.4, -0.2) is 36.9 Å². The minimum absolute atomic E-state index is 0.0686. The SMILES string of the molecule is CCC1(c2ccc(C)cc2)CC(=O)N(Cc2nnn(C)n2)C1=O. The van der Waals surface area contributed by atoms with E-state index in [4.69, 9.17) is 0 Å². The Morgan fingerprint density at radius 2 is 1.91 bits per heavy atom. The van der Waals surface area contributed by atoms with E-state index in [1.165, 1.54) is 9.70 Å². The van der Waals surface area contributed by atoms with Gasteiger partial charge in [0.05, 0.1) is 19.0 Å². The Labute approximate surface area is 134 Å². The van der Waals surface area contributed by atoms with Gasteiger partial charge in [-0.05, 0) is 24.1 Å². The van der Waals surface area contributed by atoms with E-state index in [0.717, 1.165) is 11.1 Å². The molecule has 0 aliphatic carbocycles. The lowest BCUT2D eigenvalue weighted by molar-refractivity contribution is -0.140. The first-order chi connectivity index (χ1) is 11.0. The van der Waals surface area contributed by atoms with Crippen LogP contribution in [0.3, 0.4) is 0 Å². The second-order valence-corrected chi connectivity index (χ2v) is 5.96. The highest BCUT2D eigenvalue weighted by molar-refractivity contribution is 6.08. The number of amides is 2. The summed E-state index contributed by atoms with van der Waals surface area (Å²) in [5.74, 6) is -0.00352. The number of tetrazole rings is 1. The van der Waals surface area contributed by atoms with Crippen molar-refractivity contribution in [3.05, 3.63) is 41.2 Å². The number of imide groups is 1. The van der Waals surface area contributed by atoms with Gasteiger partial charge in [0, 0.05) is 6.42 Å². The molecule has 0 N–H and O–H groups in total. The van der Waals surface area contributed by atoms with Crippen LogP contribution in [0.2, 0.25) is 0 Å². The van der Waals surface area contributed by atoms with E-state index in [2.05, 4.69) is 15.4 Å². The van der Waals surface area contributed by atoms with Crippen molar-refractivity contribution in [1.29, 1.82) is 0 Å². The van der Waals surface area contributed by atoms with E-state index in [1.54, 1.807) is 7.05 Å². The van der Waals surface area contributed by atoms with Crippen LogP contribution < -0.4 is 0 Å². The number of hydrogen-bond acceptors (Lipinski definition) is 5. The molecule has 0 bridgehead atoms. The predicted molar refractivity (Wildman–Crippen MR) is 82.1 cm³/mol. The number of benzene rings is 1. The van der Waals surface area contributed by atoms with Crippen molar-refractivity contribution in [3.8, 4) is 0 Å². The van der Waals surface area contributed by atoms with E-state index in [-0.39, 0.29) is 24.8 Å². The molecule has 1 aliphatic rings. The number of rotatable bonds is 4. The second-order valence-electron chi connectivity index (χ2n) is 5.96. The minimum Gasteiger partial charge on any atom is -0.274 e. The van der Waals surface area contributed by atoms with Gasteiger partial charge in [-0.3, -0.25) is 14.5 Å². The summed E-state index contributed by atoms with van der Waals surface area (Å²) in [7, 11) is 1.65. The fourth-order valence-corrected chi connectivity index (χ4v) is 3.07. The molecule has 120 valence electrons. The molecule has 7 heteroatoms. The van der Waals surface area contributed by atoms with Crippen molar-refractivity contribution in [1.82, 2.24) is 25.1 Å². The summed E-state index contributed by atoms with van der Waals surface area (Å²) in [6.07, 6.45) is 0.761. The topological polar surface area (TPSA) is 81.0 Å². The van der Waals surface area contributed by atoms with Crippen LogP contribution in [0, 0.1) is 6.92 Å². The Morgan fingerprint density at radius 3 is 2.48 bits per heavy atom. The molecule has 1 aromatic carbocycles. The van der Waals surface area contributed by atoms with Gasteiger partial charge in [0.2, 0.25) is 11.8 Å². The zero-order valence-electron chi connectivity index (χ0n) is 13.5. The van der Waals surface area contributed by atoms with Gasteiger partial charge >= 0.3 is 0 Å². The lowest BCUT2D eigenvalue weighted by Gasteiger charge is -2.25. The second kappa shape index (κ2) is 5.57. The molecule has 0 radical (unpaired) electrons. The van der Waals surface area contributed by atoms with Gasteiger partial charge in [-0.2, -0.15) is 4.80 Å². The fourth-order valence-electron chi connectivity index (χ4n) is 3.07. The molecule has 2 heterocycles. The molecule has 7 nitrogen and oxygen atoms in total. The minimum atomic E-state index is -0.785. The van der Waals surface area contributed by atoms with Crippen molar-refractivity contribution in [2.45, 2.75) is 38.6 Å². The van der Waals surface area contributed by atoms with Crippen LogP contribution in [-0.2, 0) is 28.6 Å². The van der Waals surface area contributed by atoms with Crippen LogP contribution >= 0.6 is 0 Å². The molecule has 1 saturated heterocycles. The first kappa shape index (κ1) is 15.3. The molecule has 3 rings (SSSR count). The number of aromatic nitrogens is 4. The molecule has 0 saturated carbocycles. The summed E-state index contributed by atoms with van der Waals surface area (Å²) in [5, 5.41) is 11.7. The Kier molecular flexibility index (Phi) is 3.71. The van der Waals surface area contributed by atoms with Crippen LogP contribution in [0.15, 0.2) is 24.3 Å². The van der Waals surface area contributed by atoms with Crippen LogP contribution in [0.4, 0.5) is 0 Å². The maximum atomic E-state index is 13.0. The van der Waals surface area contributed by atoms with E-state index in [0.29, 0.717) is 12.2 Å². The monoisotopic (exact) mass is 313 g/mol. The number of likely N-dealkylation sites (tertiary alicyclic amines) is 1. The summed E-state index contributed by atoms with van der Waals surface area (Å²) in [4.78, 5) is 28.0. The Balaban J connectivity index is 1.93. The van der Waals surface area contributed by atoms with Gasteiger partial charge in [-0.1, -0.05) is 36.8 Å². The van der Waals surface area contributed by atoms with Gasteiger partial charge in [0.15, 0.2) is 5.82 Å². The highest BCUT2D eigenvalue weighted by Crippen LogP contribution is 2.40. The lowest BCUT2D eigenvalue weighted by Crippen LogP contribution is -2.38. The van der Waals surface area contributed by atoms with Crippen molar-refractivity contribution in [3.63, 3.8) is 0 Å². The van der Waals surface area contributed by atoms with Gasteiger partial charge < -0.3 is 0 Å². The number of nitrogens with zero attached hydrogens (tertiary/aromatic N) is 5. The lowest BCUT2D eigenvalue weighted by atomic mass is 9.76. The number of hydrogen-bond donors (Lipinski definition) is 0. The van der Waals surface area contributed by atoms with Crippen molar-refractivity contribution < 1.29 is 9.59 Å². The zero-order valence-corrected chi connectivity index (χ0v) is 13.5. The molecule has 1 aromatic heterocycles. The summed E-state index contributed by atoms with van der Waals surface area (Å²) in [6.45, 7) is 4.00. The number of carbonyl (C=O) groups is 2. The summed E-state index contributed by atoms with van der Waals surface area (Å²) in [6, 6.07) is 7.82. The number of carbonyl (C=O) groups excluding carboxylic acids is 2. The van der Waals surface area contributed by atoms with Gasteiger partial charge in [-0.25, -0.2) is 0 Å². The summed E-state index contributed by atoms with van der Waals surface area (Å²) in [5.41, 5.74) is 1.23. The maximum Gasteiger partial charge on any atom is 0.240 e. The largest absolute Gasteiger partial charge is 0.274 e. The molecule has 1 atom stereocenters. The molecule has 1 unspecified atom stereocenters. The molecular weight excluding hydrogens is 294 g/mol. The van der Waals surface area contributed by atoms with Crippen LogP contribution in [0.5, 0.6) is 0 Å². The van der Waals surface area contributed by atoms with E-state index < -0.39 is 5.41 Å². The smallest absolute Gasteiger partial charge is 0.240 e. The average Bonchev–Trinajstić information content (AvgIpc) is 3.05. The Hall–Kier alpha value is -2.57. The Morgan fingerprint density at radius 1 is 1.22 bits per heavy atom. The molecular formula is C16H19N5O2. The van der Waals surface area contributed by atoms with Crippen molar-refractivity contribution in [2.24, 2.45) is 7.05 Å². The average molecular weight is 313 g/mol. The van der Waals surface area contributed by atoms with Crippen LogP contribution in [0.25, 0.3) is 0 Å². The molecule has 2 aromatic rings. The van der Waals surface area contributed by atoms with Crippen LogP contribution in [0.1, 0.15) is 36.7 Å².